The second-order valence-corrected chi connectivity index (χ2v) is 5.64. The van der Waals surface area contributed by atoms with Crippen LogP contribution >= 0.6 is 23.1 Å². The van der Waals surface area contributed by atoms with Crippen LogP contribution in [0, 0.1) is 6.92 Å². The molecular formula is C11H13N3S2. The van der Waals surface area contributed by atoms with Crippen LogP contribution in [0.3, 0.4) is 0 Å². The van der Waals surface area contributed by atoms with Gasteiger partial charge in [0.25, 0.3) is 0 Å². The molecule has 2 N–H and O–H groups in total. The number of aromatic nitrogens is 2. The zero-order chi connectivity index (χ0) is 11.5. The van der Waals surface area contributed by atoms with Crippen molar-refractivity contribution >= 4 is 23.1 Å². The first kappa shape index (κ1) is 11.6. The van der Waals surface area contributed by atoms with Gasteiger partial charge in [-0.15, -0.1) is 11.3 Å². The average Bonchev–Trinajstić information content (AvgIpc) is 2.64. The van der Waals surface area contributed by atoms with E-state index >= 15 is 0 Å². The van der Waals surface area contributed by atoms with E-state index < -0.39 is 0 Å². The van der Waals surface area contributed by atoms with E-state index in [1.165, 1.54) is 0 Å². The molecule has 0 aliphatic rings. The summed E-state index contributed by atoms with van der Waals surface area (Å²) >= 11 is 3.22. The Bertz CT molecular complexity index is 480. The van der Waals surface area contributed by atoms with Gasteiger partial charge in [0.2, 0.25) is 0 Å². The summed E-state index contributed by atoms with van der Waals surface area (Å²) in [5.41, 5.74) is 8.02. The average molecular weight is 251 g/mol. The lowest BCUT2D eigenvalue weighted by Gasteiger charge is -2.09. The summed E-state index contributed by atoms with van der Waals surface area (Å²) in [7, 11) is 0. The Morgan fingerprint density at radius 3 is 2.94 bits per heavy atom. The zero-order valence-corrected chi connectivity index (χ0v) is 10.8. The highest BCUT2D eigenvalue weighted by atomic mass is 32.2. The molecule has 0 aliphatic carbocycles. The summed E-state index contributed by atoms with van der Waals surface area (Å²) in [6, 6.07) is 3.92. The fourth-order valence-electron chi connectivity index (χ4n) is 1.30. The number of rotatable bonds is 3. The van der Waals surface area contributed by atoms with Gasteiger partial charge < -0.3 is 5.73 Å². The number of hydrogen-bond acceptors (Lipinski definition) is 5. The molecule has 0 saturated heterocycles. The molecule has 2 aromatic rings. The van der Waals surface area contributed by atoms with Gasteiger partial charge in [0.05, 0.1) is 0 Å². The first-order chi connectivity index (χ1) is 7.66. The summed E-state index contributed by atoms with van der Waals surface area (Å²) in [5.74, 6) is 0. The third-order valence-corrected chi connectivity index (χ3v) is 4.16. The molecule has 0 amide bonds. The molecule has 0 spiro atoms. The van der Waals surface area contributed by atoms with E-state index in [1.807, 2.05) is 31.4 Å². The SMILES string of the molecule is Cc1csc(Sc2ncccc2[C@H](C)N)n1. The van der Waals surface area contributed by atoms with E-state index in [0.29, 0.717) is 0 Å². The third-order valence-electron chi connectivity index (χ3n) is 2.07. The molecule has 1 atom stereocenters. The van der Waals surface area contributed by atoms with Gasteiger partial charge in [-0.1, -0.05) is 6.07 Å². The predicted molar refractivity (Wildman–Crippen MR) is 67.8 cm³/mol. The maximum atomic E-state index is 5.90. The predicted octanol–water partition coefficient (Wildman–Crippen LogP) is 3.02. The fraction of sp³-hybridized carbons (Fsp3) is 0.273. The molecule has 2 rings (SSSR count). The van der Waals surface area contributed by atoms with Gasteiger partial charge in [0, 0.05) is 28.9 Å². The summed E-state index contributed by atoms with van der Waals surface area (Å²) in [6.45, 7) is 3.96. The maximum absolute atomic E-state index is 5.90. The van der Waals surface area contributed by atoms with Crippen molar-refractivity contribution in [1.82, 2.24) is 9.97 Å². The van der Waals surface area contributed by atoms with Gasteiger partial charge in [0.1, 0.15) is 5.03 Å². The van der Waals surface area contributed by atoms with E-state index in [2.05, 4.69) is 9.97 Å². The minimum absolute atomic E-state index is 0.00254. The molecule has 5 heteroatoms. The molecule has 16 heavy (non-hydrogen) atoms. The highest BCUT2D eigenvalue weighted by Gasteiger charge is 2.10. The standard InChI is InChI=1S/C11H13N3S2/c1-7-6-15-11(14-7)16-10-9(8(2)12)4-3-5-13-10/h3-6,8H,12H2,1-2H3/t8-/m0/s1. The Morgan fingerprint density at radius 1 is 1.50 bits per heavy atom. The molecule has 2 heterocycles. The summed E-state index contributed by atoms with van der Waals surface area (Å²) in [6.07, 6.45) is 1.79. The number of pyridine rings is 1. The van der Waals surface area contributed by atoms with Gasteiger partial charge in [-0.2, -0.15) is 0 Å². The molecule has 0 unspecified atom stereocenters. The summed E-state index contributed by atoms with van der Waals surface area (Å²) in [5, 5.41) is 2.99. The fourth-order valence-corrected chi connectivity index (χ4v) is 3.23. The highest BCUT2D eigenvalue weighted by Crippen LogP contribution is 2.32. The third kappa shape index (κ3) is 2.61. The lowest BCUT2D eigenvalue weighted by molar-refractivity contribution is 0.779. The maximum Gasteiger partial charge on any atom is 0.156 e. The van der Waals surface area contributed by atoms with E-state index in [-0.39, 0.29) is 6.04 Å². The van der Waals surface area contributed by atoms with Crippen molar-refractivity contribution in [2.24, 2.45) is 5.73 Å². The van der Waals surface area contributed by atoms with Crippen molar-refractivity contribution in [3.63, 3.8) is 0 Å². The van der Waals surface area contributed by atoms with Crippen LogP contribution in [0.25, 0.3) is 0 Å². The van der Waals surface area contributed by atoms with Crippen LogP contribution < -0.4 is 5.73 Å². The molecule has 0 bridgehead atoms. The Balaban J connectivity index is 2.27. The normalized spacial score (nSPS) is 12.7. The van der Waals surface area contributed by atoms with Crippen LogP contribution in [0.4, 0.5) is 0 Å². The Morgan fingerprint density at radius 2 is 2.31 bits per heavy atom. The van der Waals surface area contributed by atoms with Gasteiger partial charge in [-0.25, -0.2) is 9.97 Å². The van der Waals surface area contributed by atoms with Crippen molar-refractivity contribution in [2.45, 2.75) is 29.3 Å². The van der Waals surface area contributed by atoms with Crippen LogP contribution in [-0.4, -0.2) is 9.97 Å². The number of hydrogen-bond donors (Lipinski definition) is 1. The first-order valence-electron chi connectivity index (χ1n) is 4.97. The number of nitrogens with zero attached hydrogens (tertiary/aromatic N) is 2. The Kier molecular flexibility index (Phi) is 3.58. The topological polar surface area (TPSA) is 51.8 Å². The second kappa shape index (κ2) is 4.95. The van der Waals surface area contributed by atoms with Crippen LogP contribution in [0.15, 0.2) is 33.1 Å². The van der Waals surface area contributed by atoms with Gasteiger partial charge in [-0.3, -0.25) is 0 Å². The first-order valence-corrected chi connectivity index (χ1v) is 6.67. The van der Waals surface area contributed by atoms with E-state index in [0.717, 1.165) is 20.6 Å². The molecule has 0 aromatic carbocycles. The molecule has 0 fully saturated rings. The van der Waals surface area contributed by atoms with Crippen molar-refractivity contribution < 1.29 is 0 Å². The second-order valence-electron chi connectivity index (χ2n) is 3.54. The van der Waals surface area contributed by atoms with Gasteiger partial charge in [0.15, 0.2) is 4.34 Å². The number of nitrogens with two attached hydrogens (primary N) is 1. The van der Waals surface area contributed by atoms with Crippen molar-refractivity contribution in [1.29, 1.82) is 0 Å². The largest absolute Gasteiger partial charge is 0.324 e. The van der Waals surface area contributed by atoms with E-state index in [9.17, 15) is 0 Å². The summed E-state index contributed by atoms with van der Waals surface area (Å²) in [4.78, 5) is 8.76. The molecule has 2 aromatic heterocycles. The van der Waals surface area contributed by atoms with E-state index in [1.54, 1.807) is 29.3 Å². The monoisotopic (exact) mass is 251 g/mol. The quantitative estimate of drug-likeness (QED) is 0.911. The van der Waals surface area contributed by atoms with Crippen LogP contribution in [0.5, 0.6) is 0 Å². The lowest BCUT2D eigenvalue weighted by atomic mass is 10.2. The van der Waals surface area contributed by atoms with Crippen LogP contribution in [0.2, 0.25) is 0 Å². The molecule has 3 nitrogen and oxygen atoms in total. The van der Waals surface area contributed by atoms with Crippen molar-refractivity contribution in [3.8, 4) is 0 Å². The molecule has 0 aliphatic heterocycles. The van der Waals surface area contributed by atoms with Gasteiger partial charge in [-0.05, 0) is 31.7 Å². The van der Waals surface area contributed by atoms with Crippen LogP contribution in [-0.2, 0) is 0 Å². The molecule has 0 saturated carbocycles. The van der Waals surface area contributed by atoms with Crippen molar-refractivity contribution in [3.05, 3.63) is 35.0 Å². The molecule has 0 radical (unpaired) electrons. The van der Waals surface area contributed by atoms with Crippen LogP contribution in [0.1, 0.15) is 24.2 Å². The molecule has 84 valence electrons. The number of aryl methyl sites for hydroxylation is 1. The lowest BCUT2D eigenvalue weighted by Crippen LogP contribution is -2.06. The minimum atomic E-state index is -0.00254. The zero-order valence-electron chi connectivity index (χ0n) is 9.18. The summed E-state index contributed by atoms with van der Waals surface area (Å²) < 4.78 is 1.01. The van der Waals surface area contributed by atoms with Gasteiger partial charge >= 0.3 is 0 Å². The minimum Gasteiger partial charge on any atom is -0.324 e. The highest BCUT2D eigenvalue weighted by molar-refractivity contribution is 8.01. The Labute approximate surface area is 103 Å². The van der Waals surface area contributed by atoms with Crippen molar-refractivity contribution in [2.75, 3.05) is 0 Å². The molecular weight excluding hydrogens is 238 g/mol. The smallest absolute Gasteiger partial charge is 0.156 e. The number of thiazole rings is 1. The Hall–Kier alpha value is -0.910. The van der Waals surface area contributed by atoms with E-state index in [4.69, 9.17) is 5.73 Å².